The second-order valence-electron chi connectivity index (χ2n) is 5.54. The number of rotatable bonds is 9. The Bertz CT molecular complexity index is 314. The van der Waals surface area contributed by atoms with Gasteiger partial charge in [-0.2, -0.15) is 0 Å². The zero-order chi connectivity index (χ0) is 15.8. The van der Waals surface area contributed by atoms with Crippen molar-refractivity contribution >= 4 is 12.0 Å². The van der Waals surface area contributed by atoms with Crippen LogP contribution >= 0.6 is 0 Å². The Hall–Kier alpha value is -1.30. The summed E-state index contributed by atoms with van der Waals surface area (Å²) in [5.74, 6) is -0.929. The van der Waals surface area contributed by atoms with Gasteiger partial charge in [-0.3, -0.25) is 4.79 Å². The molecule has 0 aliphatic heterocycles. The summed E-state index contributed by atoms with van der Waals surface area (Å²) in [5, 5.41) is 11.7. The molecule has 118 valence electrons. The average Bonchev–Trinajstić information content (AvgIpc) is 2.31. The van der Waals surface area contributed by atoms with Gasteiger partial charge in [0, 0.05) is 25.2 Å². The summed E-state index contributed by atoms with van der Waals surface area (Å²) < 4.78 is 5.04. The first-order chi connectivity index (χ1) is 9.27. The van der Waals surface area contributed by atoms with Gasteiger partial charge < -0.3 is 20.1 Å². The molecule has 0 spiro atoms. The minimum absolute atomic E-state index is 0.111. The van der Waals surface area contributed by atoms with Crippen molar-refractivity contribution in [2.45, 2.75) is 58.5 Å². The number of amides is 2. The Morgan fingerprint density at radius 2 is 1.85 bits per heavy atom. The van der Waals surface area contributed by atoms with Gasteiger partial charge in [-0.25, -0.2) is 4.79 Å². The highest BCUT2D eigenvalue weighted by molar-refractivity contribution is 5.77. The molecule has 0 rings (SSSR count). The van der Waals surface area contributed by atoms with Crippen LogP contribution in [-0.2, 0) is 9.53 Å². The van der Waals surface area contributed by atoms with Crippen molar-refractivity contribution in [2.24, 2.45) is 0 Å². The molecule has 0 unspecified atom stereocenters. The highest BCUT2D eigenvalue weighted by atomic mass is 16.5. The highest BCUT2D eigenvalue weighted by Gasteiger charge is 2.28. The summed E-state index contributed by atoms with van der Waals surface area (Å²) in [6, 6.07) is -0.104. The van der Waals surface area contributed by atoms with Gasteiger partial charge in [0.15, 0.2) is 0 Å². The molecule has 0 saturated carbocycles. The predicted molar refractivity (Wildman–Crippen MR) is 77.8 cm³/mol. The molecular formula is C14H28N2O4. The number of carbonyl (C=O) groups is 2. The van der Waals surface area contributed by atoms with Crippen molar-refractivity contribution in [3.63, 3.8) is 0 Å². The number of ether oxygens (including phenoxy) is 1. The molecule has 0 saturated heterocycles. The smallest absolute Gasteiger partial charge is 0.318 e. The van der Waals surface area contributed by atoms with Crippen molar-refractivity contribution in [3.8, 4) is 0 Å². The molecule has 20 heavy (non-hydrogen) atoms. The fourth-order valence-electron chi connectivity index (χ4n) is 2.15. The number of nitrogens with one attached hydrogen (secondary N) is 1. The summed E-state index contributed by atoms with van der Waals surface area (Å²) in [6.45, 7) is 8.44. The lowest BCUT2D eigenvalue weighted by atomic mass is 10.0. The van der Waals surface area contributed by atoms with Gasteiger partial charge in [0.1, 0.15) is 0 Å². The number of nitrogens with zero attached hydrogens (tertiary/aromatic N) is 1. The van der Waals surface area contributed by atoms with E-state index in [9.17, 15) is 9.59 Å². The zero-order valence-corrected chi connectivity index (χ0v) is 13.2. The SMILES string of the molecule is CCC(CC)N(CCOC)C(=O)NC(C)(C)CC(=O)O. The Kier molecular flexibility index (Phi) is 8.22. The Balaban J connectivity index is 4.80. The van der Waals surface area contributed by atoms with Gasteiger partial charge in [0.2, 0.25) is 0 Å². The average molecular weight is 288 g/mol. The van der Waals surface area contributed by atoms with Gasteiger partial charge in [0.05, 0.1) is 13.0 Å². The van der Waals surface area contributed by atoms with E-state index in [0.717, 1.165) is 12.8 Å². The number of urea groups is 1. The van der Waals surface area contributed by atoms with Crippen molar-refractivity contribution in [2.75, 3.05) is 20.3 Å². The molecule has 6 nitrogen and oxygen atoms in total. The van der Waals surface area contributed by atoms with Crippen LogP contribution in [0.1, 0.15) is 47.0 Å². The molecule has 0 atom stereocenters. The number of hydrogen-bond donors (Lipinski definition) is 2. The van der Waals surface area contributed by atoms with E-state index in [0.29, 0.717) is 13.2 Å². The van der Waals surface area contributed by atoms with E-state index in [-0.39, 0.29) is 18.5 Å². The van der Waals surface area contributed by atoms with Crippen LogP contribution in [0, 0.1) is 0 Å². The summed E-state index contributed by atoms with van der Waals surface area (Å²) in [4.78, 5) is 24.9. The van der Waals surface area contributed by atoms with Crippen molar-refractivity contribution in [1.29, 1.82) is 0 Å². The van der Waals surface area contributed by atoms with Crippen LogP contribution in [0.25, 0.3) is 0 Å². The summed E-state index contributed by atoms with van der Waals surface area (Å²) in [7, 11) is 1.59. The van der Waals surface area contributed by atoms with Gasteiger partial charge in [0.25, 0.3) is 0 Å². The van der Waals surface area contributed by atoms with Gasteiger partial charge in [-0.15, -0.1) is 0 Å². The predicted octanol–water partition coefficient (Wildman–Crippen LogP) is 2.09. The fraction of sp³-hybridized carbons (Fsp3) is 0.857. The maximum absolute atomic E-state index is 12.4. The third-order valence-electron chi connectivity index (χ3n) is 3.22. The van der Waals surface area contributed by atoms with Crippen LogP contribution < -0.4 is 5.32 Å². The molecule has 0 aromatic rings. The number of aliphatic carboxylic acids is 1. The molecule has 0 aromatic heterocycles. The first kappa shape index (κ1) is 18.7. The maximum Gasteiger partial charge on any atom is 0.318 e. The largest absolute Gasteiger partial charge is 0.481 e. The lowest BCUT2D eigenvalue weighted by molar-refractivity contribution is -0.138. The van der Waals surface area contributed by atoms with Gasteiger partial charge in [-0.05, 0) is 26.7 Å². The van der Waals surface area contributed by atoms with E-state index in [1.165, 1.54) is 0 Å². The van der Waals surface area contributed by atoms with Crippen molar-refractivity contribution in [1.82, 2.24) is 10.2 Å². The molecule has 0 bridgehead atoms. The summed E-state index contributed by atoms with van der Waals surface area (Å²) in [5.41, 5.74) is -0.778. The van der Waals surface area contributed by atoms with E-state index >= 15 is 0 Å². The lowest BCUT2D eigenvalue weighted by Crippen LogP contribution is -2.54. The van der Waals surface area contributed by atoms with Crippen LogP contribution in [0.5, 0.6) is 0 Å². The Labute approximate surface area is 121 Å². The van der Waals surface area contributed by atoms with E-state index in [2.05, 4.69) is 5.32 Å². The molecule has 0 heterocycles. The fourth-order valence-corrected chi connectivity index (χ4v) is 2.15. The molecule has 2 amide bonds. The summed E-state index contributed by atoms with van der Waals surface area (Å²) in [6.07, 6.45) is 1.60. The molecule has 0 radical (unpaired) electrons. The molecule has 2 N–H and O–H groups in total. The quantitative estimate of drug-likeness (QED) is 0.681. The summed E-state index contributed by atoms with van der Waals surface area (Å²) >= 11 is 0. The van der Waals surface area contributed by atoms with E-state index < -0.39 is 11.5 Å². The molecule has 0 aliphatic rings. The maximum atomic E-state index is 12.4. The highest BCUT2D eigenvalue weighted by Crippen LogP contribution is 2.13. The number of carbonyl (C=O) groups excluding carboxylic acids is 1. The lowest BCUT2D eigenvalue weighted by Gasteiger charge is -2.34. The van der Waals surface area contributed by atoms with E-state index in [4.69, 9.17) is 9.84 Å². The van der Waals surface area contributed by atoms with Crippen LogP contribution in [0.4, 0.5) is 4.79 Å². The van der Waals surface area contributed by atoms with Crippen LogP contribution in [0.3, 0.4) is 0 Å². The van der Waals surface area contributed by atoms with Crippen molar-refractivity contribution < 1.29 is 19.4 Å². The third kappa shape index (κ3) is 6.75. The zero-order valence-electron chi connectivity index (χ0n) is 13.2. The van der Waals surface area contributed by atoms with Crippen LogP contribution in [0.2, 0.25) is 0 Å². The van der Waals surface area contributed by atoms with Crippen molar-refractivity contribution in [3.05, 3.63) is 0 Å². The first-order valence-electron chi connectivity index (χ1n) is 7.06. The standard InChI is InChI=1S/C14H28N2O4/c1-6-11(7-2)16(8-9-20-5)13(19)15-14(3,4)10-12(17)18/h11H,6-10H2,1-5H3,(H,15,19)(H,17,18). The monoisotopic (exact) mass is 288 g/mol. The van der Waals surface area contributed by atoms with E-state index in [1.54, 1.807) is 25.9 Å². The Morgan fingerprint density at radius 3 is 2.25 bits per heavy atom. The van der Waals surface area contributed by atoms with Crippen LogP contribution in [0.15, 0.2) is 0 Å². The number of methoxy groups -OCH3 is 1. The topological polar surface area (TPSA) is 78.9 Å². The Morgan fingerprint density at radius 1 is 1.30 bits per heavy atom. The second kappa shape index (κ2) is 8.79. The molecule has 0 aromatic carbocycles. The molecule has 6 heteroatoms. The molecule has 0 fully saturated rings. The number of carboxylic acid groups (broad SMARTS) is 1. The normalized spacial score (nSPS) is 11.5. The van der Waals surface area contributed by atoms with Gasteiger partial charge in [-0.1, -0.05) is 13.8 Å². The van der Waals surface area contributed by atoms with Crippen LogP contribution in [-0.4, -0.2) is 53.8 Å². The number of hydrogen-bond acceptors (Lipinski definition) is 3. The second-order valence-corrected chi connectivity index (χ2v) is 5.54. The molecular weight excluding hydrogens is 260 g/mol. The minimum Gasteiger partial charge on any atom is -0.481 e. The molecule has 0 aliphatic carbocycles. The first-order valence-corrected chi connectivity index (χ1v) is 7.06. The minimum atomic E-state index is -0.929. The van der Waals surface area contributed by atoms with E-state index in [1.807, 2.05) is 13.8 Å². The third-order valence-corrected chi connectivity index (χ3v) is 3.22. The van der Waals surface area contributed by atoms with Gasteiger partial charge >= 0.3 is 12.0 Å². The number of carboxylic acids is 1.